The average molecular weight is 427 g/mol. The number of amidine groups is 1. The van der Waals surface area contributed by atoms with E-state index in [4.69, 9.17) is 27.9 Å². The lowest BCUT2D eigenvalue weighted by Crippen LogP contribution is -2.37. The second-order valence-electron chi connectivity index (χ2n) is 7.62. The molecule has 0 aliphatic carbocycles. The zero-order chi connectivity index (χ0) is 21.1. The Morgan fingerprint density at radius 2 is 2.00 bits per heavy atom. The Morgan fingerprint density at radius 3 is 2.61 bits per heavy atom. The highest BCUT2D eigenvalue weighted by atomic mass is 35.5. The normalized spacial score (nSPS) is 19.1. The van der Waals surface area contributed by atoms with E-state index in [1.165, 1.54) is 0 Å². The third-order valence-electron chi connectivity index (χ3n) is 3.56. The van der Waals surface area contributed by atoms with Gasteiger partial charge < -0.3 is 10.1 Å². The molecule has 28 heavy (non-hydrogen) atoms. The maximum atomic E-state index is 12.1. The minimum Gasteiger partial charge on any atom is -0.444 e. The summed E-state index contributed by atoms with van der Waals surface area (Å²) in [6.45, 7) is 8.95. The molecular weight excluding hydrogens is 403 g/mol. The molecule has 1 aliphatic rings. The molecule has 1 unspecified atom stereocenters. The SMILES string of the molecule is CC(C)N=C(/N=C1/NC(=O)CC1c1cccc(Cl)c1Cl)NC(=O)OC(C)(C)C. The molecule has 0 saturated carbocycles. The van der Waals surface area contributed by atoms with Crippen molar-refractivity contribution in [2.24, 2.45) is 9.98 Å². The molecule has 9 heteroatoms. The van der Waals surface area contributed by atoms with E-state index < -0.39 is 17.6 Å². The number of nitrogens with one attached hydrogen (secondary N) is 2. The van der Waals surface area contributed by atoms with E-state index in [0.29, 0.717) is 21.4 Å². The third kappa shape index (κ3) is 6.21. The van der Waals surface area contributed by atoms with Gasteiger partial charge in [0.15, 0.2) is 0 Å². The second kappa shape index (κ2) is 8.92. The van der Waals surface area contributed by atoms with Crippen molar-refractivity contribution in [1.82, 2.24) is 10.6 Å². The summed E-state index contributed by atoms with van der Waals surface area (Å²) in [5.74, 6) is -0.244. The molecule has 1 atom stereocenters. The van der Waals surface area contributed by atoms with E-state index in [1.807, 2.05) is 13.8 Å². The Kier molecular flexibility index (Phi) is 7.06. The molecule has 0 aromatic heterocycles. The van der Waals surface area contributed by atoms with Gasteiger partial charge in [-0.3, -0.25) is 10.1 Å². The van der Waals surface area contributed by atoms with Crippen LogP contribution in [0.3, 0.4) is 0 Å². The first-order valence-corrected chi connectivity index (χ1v) is 9.62. The summed E-state index contributed by atoms with van der Waals surface area (Å²) in [5.41, 5.74) is 0.00548. The van der Waals surface area contributed by atoms with Crippen LogP contribution in [0.5, 0.6) is 0 Å². The zero-order valence-electron chi connectivity index (χ0n) is 16.5. The third-order valence-corrected chi connectivity index (χ3v) is 4.40. The number of halogens is 2. The van der Waals surface area contributed by atoms with Crippen LogP contribution in [0.25, 0.3) is 0 Å². The smallest absolute Gasteiger partial charge is 0.414 e. The van der Waals surface area contributed by atoms with E-state index in [9.17, 15) is 9.59 Å². The largest absolute Gasteiger partial charge is 0.444 e. The summed E-state index contributed by atoms with van der Waals surface area (Å²) in [4.78, 5) is 32.9. The predicted molar refractivity (Wildman–Crippen MR) is 111 cm³/mol. The second-order valence-corrected chi connectivity index (χ2v) is 8.40. The Balaban J connectivity index is 2.36. The van der Waals surface area contributed by atoms with Gasteiger partial charge in [0.2, 0.25) is 11.9 Å². The summed E-state index contributed by atoms with van der Waals surface area (Å²) < 4.78 is 5.26. The molecule has 152 valence electrons. The highest BCUT2D eigenvalue weighted by molar-refractivity contribution is 6.42. The number of hydrogen-bond donors (Lipinski definition) is 2. The number of guanidine groups is 1. The molecule has 0 radical (unpaired) electrons. The van der Waals surface area contributed by atoms with Crippen molar-refractivity contribution < 1.29 is 14.3 Å². The van der Waals surface area contributed by atoms with Crippen LogP contribution in [0.1, 0.15) is 52.5 Å². The lowest BCUT2D eigenvalue weighted by atomic mass is 9.97. The van der Waals surface area contributed by atoms with Gasteiger partial charge in [0.25, 0.3) is 0 Å². The summed E-state index contributed by atoms with van der Waals surface area (Å²) in [5, 5.41) is 6.00. The minimum absolute atomic E-state index is 0.0459. The quantitative estimate of drug-likeness (QED) is 0.545. The number of amides is 2. The fraction of sp³-hybridized carbons (Fsp3) is 0.474. The molecule has 1 aromatic carbocycles. The number of hydrogen-bond acceptors (Lipinski definition) is 4. The average Bonchev–Trinajstić information content (AvgIpc) is 2.87. The number of ether oxygens (including phenoxy) is 1. The van der Waals surface area contributed by atoms with Crippen LogP contribution < -0.4 is 10.6 Å². The minimum atomic E-state index is -0.682. The highest BCUT2D eigenvalue weighted by Crippen LogP contribution is 2.35. The van der Waals surface area contributed by atoms with E-state index in [1.54, 1.807) is 39.0 Å². The van der Waals surface area contributed by atoms with E-state index >= 15 is 0 Å². The van der Waals surface area contributed by atoms with Crippen LogP contribution >= 0.6 is 23.2 Å². The highest BCUT2D eigenvalue weighted by Gasteiger charge is 2.32. The van der Waals surface area contributed by atoms with Crippen LogP contribution in [-0.2, 0) is 9.53 Å². The van der Waals surface area contributed by atoms with Gasteiger partial charge in [-0.15, -0.1) is 0 Å². The molecule has 1 saturated heterocycles. The summed E-state index contributed by atoms with van der Waals surface area (Å²) >= 11 is 12.4. The van der Waals surface area contributed by atoms with Gasteiger partial charge >= 0.3 is 6.09 Å². The number of rotatable bonds is 2. The van der Waals surface area contributed by atoms with E-state index in [2.05, 4.69) is 20.6 Å². The summed E-state index contributed by atoms with van der Waals surface area (Å²) in [7, 11) is 0. The first-order valence-electron chi connectivity index (χ1n) is 8.86. The molecule has 1 aromatic rings. The maximum Gasteiger partial charge on any atom is 0.414 e. The fourth-order valence-electron chi connectivity index (χ4n) is 2.56. The molecule has 1 aliphatic heterocycles. The fourth-order valence-corrected chi connectivity index (χ4v) is 3.00. The van der Waals surface area contributed by atoms with Gasteiger partial charge in [0.05, 0.1) is 16.0 Å². The van der Waals surface area contributed by atoms with Crippen molar-refractivity contribution >= 4 is 47.0 Å². The van der Waals surface area contributed by atoms with Crippen molar-refractivity contribution in [1.29, 1.82) is 0 Å². The lowest BCUT2D eigenvalue weighted by Gasteiger charge is -2.20. The van der Waals surface area contributed by atoms with E-state index in [-0.39, 0.29) is 24.3 Å². The molecule has 1 heterocycles. The van der Waals surface area contributed by atoms with Crippen molar-refractivity contribution in [3.05, 3.63) is 33.8 Å². The molecular formula is C19H24Cl2N4O3. The lowest BCUT2D eigenvalue weighted by molar-refractivity contribution is -0.118. The summed E-state index contributed by atoms with van der Waals surface area (Å²) in [6, 6.07) is 5.07. The Labute approximate surface area is 174 Å². The monoisotopic (exact) mass is 426 g/mol. The van der Waals surface area contributed by atoms with Crippen LogP contribution in [0, 0.1) is 0 Å². The maximum absolute atomic E-state index is 12.1. The summed E-state index contributed by atoms with van der Waals surface area (Å²) in [6.07, 6.45) is -0.516. The van der Waals surface area contributed by atoms with Gasteiger partial charge in [-0.25, -0.2) is 9.79 Å². The van der Waals surface area contributed by atoms with E-state index in [0.717, 1.165) is 0 Å². The van der Waals surface area contributed by atoms with Crippen LogP contribution in [-0.4, -0.2) is 35.4 Å². The van der Waals surface area contributed by atoms with Crippen molar-refractivity contribution in [2.75, 3.05) is 0 Å². The molecule has 1 fully saturated rings. The first-order chi connectivity index (χ1) is 13.0. The number of alkyl carbamates (subject to hydrolysis) is 1. The van der Waals surface area contributed by atoms with Gasteiger partial charge in [0.1, 0.15) is 11.4 Å². The van der Waals surface area contributed by atoms with Crippen LogP contribution in [0.15, 0.2) is 28.2 Å². The van der Waals surface area contributed by atoms with Crippen LogP contribution in [0.4, 0.5) is 4.79 Å². The molecule has 7 nitrogen and oxygen atoms in total. The van der Waals surface area contributed by atoms with Crippen molar-refractivity contribution in [3.63, 3.8) is 0 Å². The number of aliphatic imine (C=N–C) groups is 2. The molecule has 0 spiro atoms. The molecule has 0 bridgehead atoms. The molecule has 2 N–H and O–H groups in total. The number of benzene rings is 1. The van der Waals surface area contributed by atoms with Crippen LogP contribution in [0.2, 0.25) is 10.0 Å². The topological polar surface area (TPSA) is 92.1 Å². The predicted octanol–water partition coefficient (Wildman–Crippen LogP) is 4.28. The number of carbonyl (C=O) groups is 2. The Bertz CT molecular complexity index is 829. The van der Waals surface area contributed by atoms with Crippen molar-refractivity contribution in [2.45, 2.75) is 58.6 Å². The molecule has 2 rings (SSSR count). The standard InChI is InChI=1S/C19H24Cl2N4O3/c1-10(2)22-17(25-18(27)28-19(3,4)5)24-16-12(9-14(26)23-16)11-7-6-8-13(20)15(11)21/h6-8,10,12H,9H2,1-5H3,(H2,22,23,24,25,26,27). The number of carbonyl (C=O) groups excluding carboxylic acids is 2. The Morgan fingerprint density at radius 1 is 1.32 bits per heavy atom. The van der Waals surface area contributed by atoms with Gasteiger partial charge in [-0.1, -0.05) is 35.3 Å². The number of nitrogens with zero attached hydrogens (tertiary/aromatic N) is 2. The zero-order valence-corrected chi connectivity index (χ0v) is 18.0. The molecule has 2 amide bonds. The van der Waals surface area contributed by atoms with Crippen molar-refractivity contribution in [3.8, 4) is 0 Å². The first kappa shape index (κ1) is 22.2. The van der Waals surface area contributed by atoms with Gasteiger partial charge in [-0.05, 0) is 46.2 Å². The van der Waals surface area contributed by atoms with Gasteiger partial charge in [0, 0.05) is 12.5 Å². The Hall–Kier alpha value is -2.12. The van der Waals surface area contributed by atoms with Gasteiger partial charge in [-0.2, -0.15) is 4.99 Å².